The van der Waals surface area contributed by atoms with E-state index in [0.29, 0.717) is 0 Å². The molecule has 1 rings (SSSR count). The molecular formula is C6H7F3N2. The molecule has 1 fully saturated rings. The zero-order valence-corrected chi connectivity index (χ0v) is 5.89. The molecule has 0 aromatic carbocycles. The minimum Gasteiger partial charge on any atom is -0.306 e. The van der Waals surface area contributed by atoms with Gasteiger partial charge in [-0.2, -0.15) is 18.4 Å². The van der Waals surface area contributed by atoms with Gasteiger partial charge in [0.15, 0.2) is 6.19 Å². The van der Waals surface area contributed by atoms with Gasteiger partial charge in [-0.25, -0.2) is 0 Å². The lowest BCUT2D eigenvalue weighted by atomic mass is 9.90. The maximum Gasteiger partial charge on any atom is 0.395 e. The lowest BCUT2D eigenvalue weighted by Crippen LogP contribution is -2.57. The molecule has 5 heteroatoms. The Morgan fingerprint density at radius 3 is 2.36 bits per heavy atom. The van der Waals surface area contributed by atoms with E-state index in [4.69, 9.17) is 5.26 Å². The van der Waals surface area contributed by atoms with Crippen LogP contribution in [0.3, 0.4) is 0 Å². The second kappa shape index (κ2) is 2.29. The third kappa shape index (κ3) is 1.25. The van der Waals surface area contributed by atoms with Gasteiger partial charge in [-0.15, -0.1) is 0 Å². The normalized spacial score (nSPS) is 31.0. The molecule has 2 atom stereocenters. The number of rotatable bonds is 0. The third-order valence-electron chi connectivity index (χ3n) is 2.02. The van der Waals surface area contributed by atoms with Gasteiger partial charge in [-0.05, 0) is 6.92 Å². The molecule has 0 aromatic rings. The fourth-order valence-corrected chi connectivity index (χ4v) is 1.12. The van der Waals surface area contributed by atoms with E-state index in [1.807, 2.05) is 0 Å². The summed E-state index contributed by atoms with van der Waals surface area (Å²) in [5, 5.41) is 8.25. The van der Waals surface area contributed by atoms with Gasteiger partial charge in [0.05, 0.1) is 5.92 Å². The van der Waals surface area contributed by atoms with Crippen molar-refractivity contribution < 1.29 is 13.2 Å². The van der Waals surface area contributed by atoms with Crippen LogP contribution in [0.4, 0.5) is 13.2 Å². The molecule has 0 amide bonds. The van der Waals surface area contributed by atoms with Crippen molar-refractivity contribution in [3.63, 3.8) is 0 Å². The predicted molar refractivity (Wildman–Crippen MR) is 31.3 cm³/mol. The Labute approximate surface area is 62.2 Å². The molecule has 11 heavy (non-hydrogen) atoms. The number of likely N-dealkylation sites (tertiary alicyclic amines) is 1. The van der Waals surface area contributed by atoms with E-state index in [0.717, 1.165) is 4.90 Å². The summed E-state index contributed by atoms with van der Waals surface area (Å²) in [5.74, 6) is -1.32. The summed E-state index contributed by atoms with van der Waals surface area (Å²) in [6.45, 7) is 1.23. The Bertz CT molecular complexity index is 193. The van der Waals surface area contributed by atoms with Gasteiger partial charge in [-0.3, -0.25) is 0 Å². The van der Waals surface area contributed by atoms with Crippen molar-refractivity contribution in [2.45, 2.75) is 19.1 Å². The molecule has 2 nitrogen and oxygen atoms in total. The molecule has 62 valence electrons. The summed E-state index contributed by atoms with van der Waals surface area (Å²) < 4.78 is 35.8. The van der Waals surface area contributed by atoms with E-state index in [1.54, 1.807) is 6.19 Å². The molecule has 0 saturated carbocycles. The average molecular weight is 164 g/mol. The van der Waals surface area contributed by atoms with E-state index < -0.39 is 18.1 Å². The monoisotopic (exact) mass is 164 g/mol. The first kappa shape index (κ1) is 8.18. The van der Waals surface area contributed by atoms with Gasteiger partial charge < -0.3 is 4.90 Å². The third-order valence-corrected chi connectivity index (χ3v) is 2.02. The van der Waals surface area contributed by atoms with Crippen LogP contribution in [-0.4, -0.2) is 23.7 Å². The maximum atomic E-state index is 11.9. The van der Waals surface area contributed by atoms with Crippen molar-refractivity contribution in [2.75, 3.05) is 6.54 Å². The van der Waals surface area contributed by atoms with Crippen LogP contribution in [0.1, 0.15) is 6.92 Å². The first-order valence-electron chi connectivity index (χ1n) is 3.20. The molecule has 0 spiro atoms. The largest absolute Gasteiger partial charge is 0.395 e. The number of hydrogen-bond acceptors (Lipinski definition) is 2. The van der Waals surface area contributed by atoms with Crippen molar-refractivity contribution in [3.05, 3.63) is 0 Å². The molecule has 0 aromatic heterocycles. The molecule has 0 bridgehead atoms. The lowest BCUT2D eigenvalue weighted by Gasteiger charge is -2.43. The molecule has 0 aliphatic carbocycles. The first-order chi connectivity index (χ1) is 4.96. The zero-order chi connectivity index (χ0) is 8.65. The summed E-state index contributed by atoms with van der Waals surface area (Å²) in [4.78, 5) is 1.12. The molecule has 1 aliphatic heterocycles. The SMILES string of the molecule is CC1C(C(F)(F)F)CN1C#N. The minimum absolute atomic E-state index is 0.179. The Morgan fingerprint density at radius 1 is 1.55 bits per heavy atom. The van der Waals surface area contributed by atoms with Gasteiger partial charge >= 0.3 is 6.18 Å². The number of halogens is 3. The van der Waals surface area contributed by atoms with Crippen LogP contribution in [0.25, 0.3) is 0 Å². The summed E-state index contributed by atoms with van der Waals surface area (Å²) in [7, 11) is 0. The van der Waals surface area contributed by atoms with Crippen LogP contribution < -0.4 is 0 Å². The van der Waals surface area contributed by atoms with Gasteiger partial charge in [0.1, 0.15) is 0 Å². The first-order valence-corrected chi connectivity index (χ1v) is 3.20. The van der Waals surface area contributed by atoms with Gasteiger partial charge in [0, 0.05) is 12.6 Å². The lowest BCUT2D eigenvalue weighted by molar-refractivity contribution is -0.218. The van der Waals surface area contributed by atoms with Crippen LogP contribution in [0.15, 0.2) is 0 Å². The summed E-state index contributed by atoms with van der Waals surface area (Å²) >= 11 is 0. The van der Waals surface area contributed by atoms with E-state index in [1.165, 1.54) is 6.92 Å². The molecule has 0 radical (unpaired) electrons. The molecule has 1 saturated heterocycles. The second-order valence-electron chi connectivity index (χ2n) is 2.64. The number of alkyl halides is 3. The van der Waals surface area contributed by atoms with Crippen molar-refractivity contribution >= 4 is 0 Å². The topological polar surface area (TPSA) is 27.0 Å². The van der Waals surface area contributed by atoms with Crippen LogP contribution in [0, 0.1) is 17.4 Å². The highest BCUT2D eigenvalue weighted by Crippen LogP contribution is 2.37. The molecule has 1 heterocycles. The van der Waals surface area contributed by atoms with Crippen molar-refractivity contribution in [2.24, 2.45) is 5.92 Å². The van der Waals surface area contributed by atoms with Crippen LogP contribution >= 0.6 is 0 Å². The maximum absolute atomic E-state index is 11.9. The van der Waals surface area contributed by atoms with E-state index in [2.05, 4.69) is 0 Å². The molecule has 2 unspecified atom stereocenters. The Morgan fingerprint density at radius 2 is 2.09 bits per heavy atom. The summed E-state index contributed by atoms with van der Waals surface area (Å²) in [6.07, 6.45) is -2.46. The Kier molecular flexibility index (Phi) is 1.70. The summed E-state index contributed by atoms with van der Waals surface area (Å²) in [5.41, 5.74) is 0. The van der Waals surface area contributed by atoms with Gasteiger partial charge in [-0.1, -0.05) is 0 Å². The van der Waals surface area contributed by atoms with Gasteiger partial charge in [0.2, 0.25) is 0 Å². The smallest absolute Gasteiger partial charge is 0.306 e. The fourth-order valence-electron chi connectivity index (χ4n) is 1.12. The molecular weight excluding hydrogens is 157 g/mol. The van der Waals surface area contributed by atoms with Gasteiger partial charge in [0.25, 0.3) is 0 Å². The van der Waals surface area contributed by atoms with Crippen LogP contribution in [-0.2, 0) is 0 Å². The highest BCUT2D eigenvalue weighted by atomic mass is 19.4. The Balaban J connectivity index is 2.53. The van der Waals surface area contributed by atoms with Crippen molar-refractivity contribution in [1.29, 1.82) is 5.26 Å². The second-order valence-corrected chi connectivity index (χ2v) is 2.64. The van der Waals surface area contributed by atoms with Crippen LogP contribution in [0.5, 0.6) is 0 Å². The highest BCUT2D eigenvalue weighted by molar-refractivity contribution is 4.98. The number of nitriles is 1. The van der Waals surface area contributed by atoms with E-state index >= 15 is 0 Å². The standard InChI is InChI=1S/C6H7F3N2/c1-4-5(6(7,8)9)2-11(4)3-10/h4-5H,2H2,1H3. The number of nitrogens with zero attached hydrogens (tertiary/aromatic N) is 2. The predicted octanol–water partition coefficient (Wildman–Crippen LogP) is 1.35. The van der Waals surface area contributed by atoms with Crippen molar-refractivity contribution in [1.82, 2.24) is 4.90 Å². The molecule has 1 aliphatic rings. The van der Waals surface area contributed by atoms with Crippen LogP contribution in [0.2, 0.25) is 0 Å². The van der Waals surface area contributed by atoms with E-state index in [9.17, 15) is 13.2 Å². The quantitative estimate of drug-likeness (QED) is 0.505. The zero-order valence-electron chi connectivity index (χ0n) is 5.89. The highest BCUT2D eigenvalue weighted by Gasteiger charge is 2.52. The summed E-state index contributed by atoms with van der Waals surface area (Å²) in [6, 6.07) is -0.681. The fraction of sp³-hybridized carbons (Fsp3) is 0.833. The Hall–Kier alpha value is -0.920. The molecule has 0 N–H and O–H groups in total. The minimum atomic E-state index is -4.15. The van der Waals surface area contributed by atoms with Crippen molar-refractivity contribution in [3.8, 4) is 6.19 Å². The number of hydrogen-bond donors (Lipinski definition) is 0. The average Bonchev–Trinajstić information content (AvgIpc) is 1.83. The van der Waals surface area contributed by atoms with E-state index in [-0.39, 0.29) is 6.54 Å².